The summed E-state index contributed by atoms with van der Waals surface area (Å²) >= 11 is 1.01. The molecule has 0 fully saturated rings. The molecule has 0 spiro atoms. The van der Waals surface area contributed by atoms with Crippen LogP contribution in [-0.4, -0.2) is 19.3 Å². The first kappa shape index (κ1) is 22.0. The van der Waals surface area contributed by atoms with Gasteiger partial charge in [-0.3, -0.25) is 9.52 Å². The molecule has 0 saturated carbocycles. The summed E-state index contributed by atoms with van der Waals surface area (Å²) in [7, 11) is -3.76. The maximum Gasteiger partial charge on any atom is 0.267 e. The fourth-order valence-electron chi connectivity index (χ4n) is 2.87. The van der Waals surface area contributed by atoms with Gasteiger partial charge >= 0.3 is 0 Å². The summed E-state index contributed by atoms with van der Waals surface area (Å²) in [4.78, 5) is 17.4. The molecule has 3 rings (SSSR count). The van der Waals surface area contributed by atoms with Gasteiger partial charge in [0.2, 0.25) is 0 Å². The van der Waals surface area contributed by atoms with Crippen molar-refractivity contribution in [1.82, 2.24) is 4.98 Å². The molecule has 3 aromatic rings. The summed E-state index contributed by atoms with van der Waals surface area (Å²) in [5, 5.41) is 3.01. The largest absolute Gasteiger partial charge is 0.321 e. The number of sulfonamides is 1. The number of nitrogens with one attached hydrogen (secondary N) is 2. The second-order valence-electron chi connectivity index (χ2n) is 7.11. The number of aryl methyl sites for hydroxylation is 3. The number of carbonyl (C=O) groups excluding carboxylic acids is 1. The van der Waals surface area contributed by atoms with Crippen LogP contribution in [0.2, 0.25) is 0 Å². The van der Waals surface area contributed by atoms with Crippen LogP contribution in [0.15, 0.2) is 53.4 Å². The van der Waals surface area contributed by atoms with Crippen LogP contribution < -0.4 is 10.0 Å². The molecule has 0 aliphatic rings. The molecule has 1 aromatic heterocycles. The van der Waals surface area contributed by atoms with E-state index in [2.05, 4.69) is 21.9 Å². The summed E-state index contributed by atoms with van der Waals surface area (Å²) in [5.74, 6) is -0.313. The van der Waals surface area contributed by atoms with Crippen LogP contribution >= 0.6 is 11.3 Å². The fourth-order valence-corrected chi connectivity index (χ4v) is 4.96. The molecule has 6 nitrogen and oxygen atoms in total. The zero-order valence-corrected chi connectivity index (χ0v) is 18.9. The monoisotopic (exact) mass is 443 g/mol. The van der Waals surface area contributed by atoms with Gasteiger partial charge in [0, 0.05) is 5.69 Å². The highest BCUT2D eigenvalue weighted by Crippen LogP contribution is 2.26. The van der Waals surface area contributed by atoms with E-state index in [9.17, 15) is 13.2 Å². The Morgan fingerprint density at radius 3 is 2.33 bits per heavy atom. The van der Waals surface area contributed by atoms with Crippen molar-refractivity contribution < 1.29 is 13.2 Å². The number of benzene rings is 2. The van der Waals surface area contributed by atoms with E-state index in [4.69, 9.17) is 0 Å². The Morgan fingerprint density at radius 1 is 1.03 bits per heavy atom. The molecule has 0 atom stereocenters. The van der Waals surface area contributed by atoms with E-state index in [-0.39, 0.29) is 15.9 Å². The summed E-state index contributed by atoms with van der Waals surface area (Å²) in [6.45, 7) is 5.72. The van der Waals surface area contributed by atoms with Crippen LogP contribution in [0.5, 0.6) is 0 Å². The minimum Gasteiger partial charge on any atom is -0.321 e. The van der Waals surface area contributed by atoms with E-state index in [0.29, 0.717) is 16.3 Å². The van der Waals surface area contributed by atoms with Crippen molar-refractivity contribution in [3.63, 3.8) is 0 Å². The normalized spacial score (nSPS) is 11.3. The molecule has 158 valence electrons. The second-order valence-corrected chi connectivity index (χ2v) is 9.79. The third-order valence-electron chi connectivity index (χ3n) is 4.59. The first-order valence-electron chi connectivity index (χ1n) is 9.75. The lowest BCUT2D eigenvalue weighted by Gasteiger charge is -2.06. The van der Waals surface area contributed by atoms with Gasteiger partial charge < -0.3 is 5.32 Å². The van der Waals surface area contributed by atoms with Gasteiger partial charge in [0.1, 0.15) is 4.88 Å². The predicted octanol–water partition coefficient (Wildman–Crippen LogP) is 5.16. The van der Waals surface area contributed by atoms with E-state index < -0.39 is 10.0 Å². The van der Waals surface area contributed by atoms with Crippen molar-refractivity contribution in [2.75, 3.05) is 10.0 Å². The number of carbonyl (C=O) groups is 1. The maximum atomic E-state index is 12.7. The number of anilines is 2. The summed E-state index contributed by atoms with van der Waals surface area (Å²) < 4.78 is 27.6. The Hall–Kier alpha value is -2.71. The average molecular weight is 444 g/mol. The molecule has 0 aliphatic heterocycles. The molecule has 0 saturated heterocycles. The molecule has 0 bridgehead atoms. The summed E-state index contributed by atoms with van der Waals surface area (Å²) in [6.07, 6.45) is 3.29. The second kappa shape index (κ2) is 9.40. The number of nitrogens with zero attached hydrogens (tertiary/aromatic N) is 1. The average Bonchev–Trinajstić information content (AvgIpc) is 3.07. The minimum atomic E-state index is -3.76. The van der Waals surface area contributed by atoms with Gasteiger partial charge in [0.15, 0.2) is 5.13 Å². The number of aromatic nitrogens is 1. The van der Waals surface area contributed by atoms with Crippen molar-refractivity contribution >= 4 is 38.1 Å². The fraction of sp³-hybridized carbons (Fsp3) is 0.273. The number of hydrogen-bond acceptors (Lipinski definition) is 5. The van der Waals surface area contributed by atoms with Gasteiger partial charge in [-0.15, -0.1) is 0 Å². The highest BCUT2D eigenvalue weighted by Gasteiger charge is 2.20. The number of unbranched alkanes of at least 4 members (excludes halogenated alkanes) is 1. The van der Waals surface area contributed by atoms with E-state index >= 15 is 0 Å². The van der Waals surface area contributed by atoms with Gasteiger partial charge in [0.25, 0.3) is 15.9 Å². The highest BCUT2D eigenvalue weighted by molar-refractivity contribution is 7.93. The van der Waals surface area contributed by atoms with Crippen LogP contribution in [0.3, 0.4) is 0 Å². The molecule has 0 radical (unpaired) electrons. The smallest absolute Gasteiger partial charge is 0.267 e. The van der Waals surface area contributed by atoms with Gasteiger partial charge in [-0.25, -0.2) is 13.4 Å². The molecule has 1 amide bonds. The van der Waals surface area contributed by atoms with Crippen molar-refractivity contribution in [1.29, 1.82) is 0 Å². The molecule has 2 N–H and O–H groups in total. The Balaban J connectivity index is 1.70. The Bertz CT molecular complexity index is 1120. The van der Waals surface area contributed by atoms with Gasteiger partial charge in [-0.2, -0.15) is 0 Å². The van der Waals surface area contributed by atoms with Crippen molar-refractivity contribution in [3.05, 3.63) is 70.2 Å². The van der Waals surface area contributed by atoms with E-state index in [0.717, 1.165) is 36.2 Å². The zero-order chi connectivity index (χ0) is 21.7. The number of amides is 1. The Kier molecular flexibility index (Phi) is 6.89. The molecule has 2 aromatic carbocycles. The predicted molar refractivity (Wildman–Crippen MR) is 122 cm³/mol. The molecule has 1 heterocycles. The third kappa shape index (κ3) is 5.46. The lowest BCUT2D eigenvalue weighted by molar-refractivity contribution is 0.103. The molecular formula is C22H25N3O3S2. The SMILES string of the molecule is CCCCc1ccc(NC(=O)c2sc(NS(=O)(=O)c3ccc(C)cc3)nc2C)cc1. The molecule has 0 unspecified atom stereocenters. The van der Waals surface area contributed by atoms with Gasteiger partial charge in [0.05, 0.1) is 10.6 Å². The van der Waals surface area contributed by atoms with Crippen LogP contribution in [0.1, 0.15) is 46.3 Å². The maximum absolute atomic E-state index is 12.7. The van der Waals surface area contributed by atoms with Crippen molar-refractivity contribution in [2.45, 2.75) is 44.9 Å². The van der Waals surface area contributed by atoms with E-state index in [1.54, 1.807) is 19.1 Å². The van der Waals surface area contributed by atoms with Crippen LogP contribution in [0.4, 0.5) is 10.8 Å². The van der Waals surface area contributed by atoms with Crippen molar-refractivity contribution in [2.24, 2.45) is 0 Å². The van der Waals surface area contributed by atoms with Gasteiger partial charge in [-0.05, 0) is 56.5 Å². The lowest BCUT2D eigenvalue weighted by Crippen LogP contribution is -2.12. The van der Waals surface area contributed by atoms with Crippen LogP contribution in [-0.2, 0) is 16.4 Å². The quantitative estimate of drug-likeness (QED) is 0.504. The minimum absolute atomic E-state index is 0.148. The molecule has 0 aliphatic carbocycles. The first-order valence-corrected chi connectivity index (χ1v) is 12.1. The van der Waals surface area contributed by atoms with Gasteiger partial charge in [-0.1, -0.05) is 54.5 Å². The number of rotatable bonds is 8. The van der Waals surface area contributed by atoms with E-state index in [1.807, 2.05) is 31.2 Å². The van der Waals surface area contributed by atoms with E-state index in [1.165, 1.54) is 17.7 Å². The van der Waals surface area contributed by atoms with Crippen LogP contribution in [0, 0.1) is 13.8 Å². The lowest BCUT2D eigenvalue weighted by atomic mass is 10.1. The first-order chi connectivity index (χ1) is 14.3. The Morgan fingerprint density at radius 2 is 1.70 bits per heavy atom. The van der Waals surface area contributed by atoms with Crippen molar-refractivity contribution in [3.8, 4) is 0 Å². The third-order valence-corrected chi connectivity index (χ3v) is 7.14. The summed E-state index contributed by atoms with van der Waals surface area (Å²) in [5.41, 5.74) is 3.36. The molecular weight excluding hydrogens is 418 g/mol. The molecule has 30 heavy (non-hydrogen) atoms. The van der Waals surface area contributed by atoms with Crippen LogP contribution in [0.25, 0.3) is 0 Å². The highest BCUT2D eigenvalue weighted by atomic mass is 32.2. The number of hydrogen-bond donors (Lipinski definition) is 2. The standard InChI is InChI=1S/C22H25N3O3S2/c1-4-5-6-17-9-11-18(12-10-17)24-21(26)20-16(3)23-22(29-20)25-30(27,28)19-13-7-15(2)8-14-19/h7-14H,4-6H2,1-3H3,(H,23,25)(H,24,26). The summed E-state index contributed by atoms with van der Waals surface area (Å²) in [6, 6.07) is 14.3. The Labute approximate surface area is 181 Å². The number of thiazole rings is 1. The molecule has 8 heteroatoms. The topological polar surface area (TPSA) is 88.2 Å². The zero-order valence-electron chi connectivity index (χ0n) is 17.2.